The lowest BCUT2D eigenvalue weighted by Crippen LogP contribution is -2.04. The van der Waals surface area contributed by atoms with Crippen LogP contribution < -0.4 is 0 Å². The zero-order valence-electron chi connectivity index (χ0n) is 16.4. The normalized spacial score (nSPS) is 12.1. The minimum Gasteiger partial charge on any atom is -0.333 e. The van der Waals surface area contributed by atoms with Crippen LogP contribution in [-0.2, 0) is 11.9 Å². The summed E-state index contributed by atoms with van der Waals surface area (Å²) in [6.07, 6.45) is -0.956. The number of rotatable bonds is 4. The zero-order chi connectivity index (χ0) is 21.6. The van der Waals surface area contributed by atoms with Crippen molar-refractivity contribution in [3.05, 3.63) is 83.7 Å². The van der Waals surface area contributed by atoms with E-state index in [1.165, 1.54) is 6.07 Å². The van der Waals surface area contributed by atoms with Gasteiger partial charge in [0.15, 0.2) is 5.16 Å². The number of H-pyrrole nitrogens is 1. The summed E-state index contributed by atoms with van der Waals surface area (Å²) >= 11 is 1.56. The molecule has 0 saturated heterocycles. The average molecular weight is 438 g/mol. The van der Waals surface area contributed by atoms with Crippen LogP contribution in [-0.4, -0.2) is 19.4 Å². The summed E-state index contributed by atoms with van der Waals surface area (Å²) in [6.45, 7) is 2.04. The fourth-order valence-electron chi connectivity index (χ4n) is 3.56. The third-order valence-corrected chi connectivity index (χ3v) is 6.00. The van der Waals surface area contributed by atoms with Gasteiger partial charge in [0.1, 0.15) is 5.65 Å². The molecule has 0 aliphatic rings. The van der Waals surface area contributed by atoms with Gasteiger partial charge in [0.05, 0.1) is 28.5 Å². The van der Waals surface area contributed by atoms with E-state index in [2.05, 4.69) is 21.0 Å². The highest BCUT2D eigenvalue weighted by Crippen LogP contribution is 2.33. The average Bonchev–Trinajstić information content (AvgIpc) is 3.35. The van der Waals surface area contributed by atoms with Gasteiger partial charge in [0, 0.05) is 23.1 Å². The Balaban J connectivity index is 1.45. The minimum atomic E-state index is -4.39. The fourth-order valence-corrected chi connectivity index (χ4v) is 4.43. The molecule has 0 aliphatic heterocycles. The number of nitrogens with one attached hydrogen (secondary N) is 1. The number of hydrogen-bond donors (Lipinski definition) is 1. The summed E-state index contributed by atoms with van der Waals surface area (Å²) in [5.74, 6) is 0.627. The number of aryl methyl sites for hydroxylation is 1. The van der Waals surface area contributed by atoms with E-state index < -0.39 is 11.7 Å². The second-order valence-corrected chi connectivity index (χ2v) is 8.26. The monoisotopic (exact) mass is 438 g/mol. The van der Waals surface area contributed by atoms with E-state index in [0.717, 1.165) is 45.1 Å². The van der Waals surface area contributed by atoms with Crippen LogP contribution in [0.25, 0.3) is 27.9 Å². The number of pyridine rings is 1. The molecule has 4 nitrogen and oxygen atoms in total. The van der Waals surface area contributed by atoms with Gasteiger partial charge in [0.25, 0.3) is 0 Å². The first-order valence-corrected chi connectivity index (χ1v) is 10.6. The van der Waals surface area contributed by atoms with Gasteiger partial charge in [-0.05, 0) is 42.8 Å². The molecule has 0 amide bonds. The Hall–Kier alpha value is -3.26. The number of aromatic amines is 1. The second-order valence-electron chi connectivity index (χ2n) is 7.30. The van der Waals surface area contributed by atoms with Crippen LogP contribution >= 0.6 is 11.8 Å². The molecule has 2 aromatic carbocycles. The number of fused-ring (bicyclic) bond motifs is 2. The highest BCUT2D eigenvalue weighted by atomic mass is 32.2. The Bertz CT molecular complexity index is 1400. The summed E-state index contributed by atoms with van der Waals surface area (Å²) in [6, 6.07) is 15.2. The van der Waals surface area contributed by atoms with Crippen molar-refractivity contribution in [2.75, 3.05) is 0 Å². The van der Waals surface area contributed by atoms with Crippen LogP contribution in [0.5, 0.6) is 0 Å². The van der Waals surface area contributed by atoms with Crippen molar-refractivity contribution in [1.29, 1.82) is 0 Å². The van der Waals surface area contributed by atoms with Crippen molar-refractivity contribution in [3.63, 3.8) is 0 Å². The Morgan fingerprint density at radius 3 is 2.77 bits per heavy atom. The number of hydrogen-bond acceptors (Lipinski definition) is 3. The highest BCUT2D eigenvalue weighted by molar-refractivity contribution is 7.98. The number of halogens is 3. The standard InChI is InChI=1S/C23H17F3N4S/c1-14-7-8-18-19(10-14)29-22(28-18)31-13-16-5-3-9-30-20(12-27-21(16)30)15-4-2-6-17(11-15)23(24,25)26/h2-12H,13H2,1H3,(H,28,29). The van der Waals surface area contributed by atoms with Gasteiger partial charge in [-0.3, -0.25) is 4.40 Å². The predicted molar refractivity (Wildman–Crippen MR) is 116 cm³/mol. The number of aromatic nitrogens is 4. The maximum atomic E-state index is 13.1. The molecular weight excluding hydrogens is 421 g/mol. The van der Waals surface area contributed by atoms with Gasteiger partial charge in [-0.1, -0.05) is 36.0 Å². The molecule has 0 aliphatic carbocycles. The molecule has 5 rings (SSSR count). The number of benzene rings is 2. The topological polar surface area (TPSA) is 46.0 Å². The maximum absolute atomic E-state index is 13.1. The second kappa shape index (κ2) is 7.46. The van der Waals surface area contributed by atoms with Gasteiger partial charge in [-0.2, -0.15) is 13.2 Å². The quantitative estimate of drug-likeness (QED) is 0.326. The first-order valence-electron chi connectivity index (χ1n) is 9.60. The van der Waals surface area contributed by atoms with Crippen molar-refractivity contribution >= 4 is 28.4 Å². The molecule has 31 heavy (non-hydrogen) atoms. The number of imidazole rings is 2. The Morgan fingerprint density at radius 1 is 1.06 bits per heavy atom. The molecule has 8 heteroatoms. The van der Waals surface area contributed by atoms with E-state index in [1.54, 1.807) is 24.0 Å². The molecule has 1 N–H and O–H groups in total. The summed E-state index contributed by atoms with van der Waals surface area (Å²) in [5, 5.41) is 0.812. The van der Waals surface area contributed by atoms with Gasteiger partial charge in [0.2, 0.25) is 0 Å². The third kappa shape index (κ3) is 3.79. The van der Waals surface area contributed by atoms with Gasteiger partial charge < -0.3 is 4.98 Å². The first-order chi connectivity index (χ1) is 14.9. The van der Waals surface area contributed by atoms with Crippen molar-refractivity contribution in [1.82, 2.24) is 19.4 Å². The fraction of sp³-hybridized carbons (Fsp3) is 0.130. The van der Waals surface area contributed by atoms with E-state index in [9.17, 15) is 13.2 Å². The molecule has 3 heterocycles. The van der Waals surface area contributed by atoms with Gasteiger partial charge in [-0.15, -0.1) is 0 Å². The van der Waals surface area contributed by atoms with E-state index in [4.69, 9.17) is 0 Å². The lowest BCUT2D eigenvalue weighted by atomic mass is 10.1. The number of nitrogens with zero attached hydrogens (tertiary/aromatic N) is 3. The van der Waals surface area contributed by atoms with Crippen LogP contribution in [0, 0.1) is 6.92 Å². The predicted octanol–water partition coefficient (Wildman–Crippen LogP) is 6.50. The maximum Gasteiger partial charge on any atom is 0.416 e. The summed E-state index contributed by atoms with van der Waals surface area (Å²) < 4.78 is 41.2. The molecule has 0 fully saturated rings. The molecule has 0 atom stereocenters. The lowest BCUT2D eigenvalue weighted by Gasteiger charge is -2.09. The van der Waals surface area contributed by atoms with E-state index in [1.807, 2.05) is 41.8 Å². The Morgan fingerprint density at radius 2 is 1.94 bits per heavy atom. The summed E-state index contributed by atoms with van der Waals surface area (Å²) in [7, 11) is 0. The van der Waals surface area contributed by atoms with Crippen molar-refractivity contribution in [2.45, 2.75) is 24.0 Å². The highest BCUT2D eigenvalue weighted by Gasteiger charge is 2.30. The third-order valence-electron chi connectivity index (χ3n) is 5.08. The van der Waals surface area contributed by atoms with Crippen LogP contribution in [0.3, 0.4) is 0 Å². The Labute approximate surface area is 180 Å². The van der Waals surface area contributed by atoms with Crippen LogP contribution in [0.4, 0.5) is 13.2 Å². The van der Waals surface area contributed by atoms with Crippen molar-refractivity contribution < 1.29 is 13.2 Å². The van der Waals surface area contributed by atoms with Crippen LogP contribution in [0.1, 0.15) is 16.7 Å². The van der Waals surface area contributed by atoms with Crippen LogP contribution in [0.15, 0.2) is 72.1 Å². The zero-order valence-corrected chi connectivity index (χ0v) is 17.3. The molecule has 0 spiro atoms. The van der Waals surface area contributed by atoms with E-state index >= 15 is 0 Å². The Kier molecular flexibility index (Phi) is 4.74. The lowest BCUT2D eigenvalue weighted by molar-refractivity contribution is -0.137. The smallest absolute Gasteiger partial charge is 0.333 e. The molecule has 156 valence electrons. The largest absolute Gasteiger partial charge is 0.416 e. The molecule has 0 bridgehead atoms. The molecule has 0 saturated carbocycles. The number of alkyl halides is 3. The molecule has 5 aromatic rings. The SMILES string of the molecule is Cc1ccc2nc(SCc3cccn4c(-c5cccc(C(F)(F)F)c5)cnc34)[nH]c2c1. The van der Waals surface area contributed by atoms with Gasteiger partial charge in [-0.25, -0.2) is 9.97 Å². The van der Waals surface area contributed by atoms with E-state index in [0.29, 0.717) is 17.0 Å². The van der Waals surface area contributed by atoms with Crippen molar-refractivity contribution in [3.8, 4) is 11.3 Å². The number of thioether (sulfide) groups is 1. The van der Waals surface area contributed by atoms with Crippen molar-refractivity contribution in [2.24, 2.45) is 0 Å². The van der Waals surface area contributed by atoms with Crippen LogP contribution in [0.2, 0.25) is 0 Å². The first kappa shape index (κ1) is 19.7. The van der Waals surface area contributed by atoms with E-state index in [-0.39, 0.29) is 0 Å². The minimum absolute atomic E-state index is 0.472. The molecule has 0 unspecified atom stereocenters. The summed E-state index contributed by atoms with van der Waals surface area (Å²) in [4.78, 5) is 12.4. The molecule has 3 aromatic heterocycles. The van der Waals surface area contributed by atoms with Gasteiger partial charge >= 0.3 is 6.18 Å². The molecular formula is C23H17F3N4S. The summed E-state index contributed by atoms with van der Waals surface area (Å²) in [5.41, 5.74) is 5.18. The molecule has 0 radical (unpaired) electrons.